The number of nitrogens with one attached hydrogen (secondary N) is 6. The summed E-state index contributed by atoms with van der Waals surface area (Å²) >= 11 is 0. The van der Waals surface area contributed by atoms with Crippen LogP contribution in [0.2, 0.25) is 0 Å². The van der Waals surface area contributed by atoms with Crippen molar-refractivity contribution in [2.45, 2.75) is 64.5 Å². The molecular formula is C46H50F2N6O11. The number of fused-ring (bicyclic) bond motifs is 6. The molecule has 0 fully saturated rings. The van der Waals surface area contributed by atoms with Gasteiger partial charge in [-0.05, 0) is 148 Å². The number of aromatic amines is 2. The summed E-state index contributed by atoms with van der Waals surface area (Å²) in [6, 6.07) is 24.0. The lowest BCUT2D eigenvalue weighted by atomic mass is 9.91. The van der Waals surface area contributed by atoms with Crippen LogP contribution in [0.1, 0.15) is 69.9 Å². The van der Waals surface area contributed by atoms with Gasteiger partial charge in [-0.2, -0.15) is 0 Å². The summed E-state index contributed by atoms with van der Waals surface area (Å²) in [5.41, 5.74) is 9.87. The van der Waals surface area contributed by atoms with Gasteiger partial charge in [-0.3, -0.25) is 9.59 Å². The number of likely N-dealkylation sites (N-methyl/N-ethyl adjacent to an activating group) is 2. The molecule has 2 heterocycles. The second kappa shape index (κ2) is 23.3. The van der Waals surface area contributed by atoms with Gasteiger partial charge in [-0.15, -0.1) is 0 Å². The molecule has 0 saturated carbocycles. The summed E-state index contributed by atoms with van der Waals surface area (Å²) in [6.45, 7) is 6.21. The maximum atomic E-state index is 13.0. The number of aryl methyl sites for hydroxylation is 2. The molecule has 0 bridgehead atoms. The van der Waals surface area contributed by atoms with Crippen molar-refractivity contribution in [2.24, 2.45) is 0 Å². The highest BCUT2D eigenvalue weighted by Gasteiger charge is 2.24. The predicted octanol–water partition coefficient (Wildman–Crippen LogP) is 5.54. The molecule has 0 aliphatic heterocycles. The average Bonchev–Trinajstić information content (AvgIpc) is 3.82. The summed E-state index contributed by atoms with van der Waals surface area (Å²) < 4.78 is 26.0. The SMILES string of the molecule is CCNC1CCc2[nH]c3ccc(NC(=O)c4ccc(F)cc4)cc3c2C1.CCNC1CCc2[nH]c3ccc(NC(=O)c4ccc(F)cc4)cc3c2C1.O.O=C(O)C(=O)O.O=C(O)C(=O)O. The van der Waals surface area contributed by atoms with Gasteiger partial charge in [0, 0.05) is 67.8 Å². The van der Waals surface area contributed by atoms with E-state index in [1.54, 1.807) is 0 Å². The molecule has 65 heavy (non-hydrogen) atoms. The zero-order chi connectivity index (χ0) is 46.5. The zero-order valence-electron chi connectivity index (χ0n) is 35.4. The van der Waals surface area contributed by atoms with Crippen LogP contribution in [0.15, 0.2) is 84.9 Å². The Kier molecular flexibility index (Phi) is 18.0. The number of halogens is 2. The molecule has 2 aromatic heterocycles. The largest absolute Gasteiger partial charge is 0.473 e. The molecular weight excluding hydrogens is 851 g/mol. The lowest BCUT2D eigenvalue weighted by Crippen LogP contribution is -2.34. The Balaban J connectivity index is 0.000000225. The van der Waals surface area contributed by atoms with Crippen molar-refractivity contribution in [2.75, 3.05) is 23.7 Å². The Morgan fingerprint density at radius 1 is 0.554 bits per heavy atom. The number of carbonyl (C=O) groups excluding carboxylic acids is 2. The van der Waals surface area contributed by atoms with E-state index in [0.717, 1.165) is 74.0 Å². The predicted molar refractivity (Wildman–Crippen MR) is 238 cm³/mol. The highest BCUT2D eigenvalue weighted by molar-refractivity contribution is 6.28. The molecule has 0 radical (unpaired) electrons. The number of aliphatic carboxylic acids is 4. The Morgan fingerprint density at radius 3 is 1.20 bits per heavy atom. The van der Waals surface area contributed by atoms with Crippen molar-refractivity contribution < 1.29 is 63.5 Å². The number of anilines is 2. The second-order valence-corrected chi connectivity index (χ2v) is 14.8. The quantitative estimate of drug-likeness (QED) is 0.0843. The number of carbonyl (C=O) groups is 6. The van der Waals surface area contributed by atoms with Crippen molar-refractivity contribution in [1.82, 2.24) is 20.6 Å². The number of amides is 2. The molecule has 2 unspecified atom stereocenters. The van der Waals surface area contributed by atoms with Crippen molar-refractivity contribution in [3.63, 3.8) is 0 Å². The van der Waals surface area contributed by atoms with E-state index in [1.165, 1.54) is 81.8 Å². The first-order valence-corrected chi connectivity index (χ1v) is 20.4. The van der Waals surface area contributed by atoms with E-state index >= 15 is 0 Å². The van der Waals surface area contributed by atoms with Gasteiger partial charge in [0.1, 0.15) is 11.6 Å². The van der Waals surface area contributed by atoms with Crippen molar-refractivity contribution in [1.29, 1.82) is 0 Å². The average molecular weight is 901 g/mol. The first-order chi connectivity index (χ1) is 30.6. The van der Waals surface area contributed by atoms with Crippen molar-refractivity contribution in [3.8, 4) is 0 Å². The first-order valence-electron chi connectivity index (χ1n) is 20.4. The van der Waals surface area contributed by atoms with Gasteiger partial charge in [0.05, 0.1) is 0 Å². The summed E-state index contributed by atoms with van der Waals surface area (Å²) in [4.78, 5) is 68.2. The van der Waals surface area contributed by atoms with Gasteiger partial charge in [-0.25, -0.2) is 28.0 Å². The van der Waals surface area contributed by atoms with E-state index in [2.05, 4.69) is 45.1 Å². The molecule has 4 aromatic carbocycles. The molecule has 2 atom stereocenters. The molecule has 2 amide bonds. The summed E-state index contributed by atoms with van der Waals surface area (Å²) in [5, 5.41) is 44.8. The van der Waals surface area contributed by atoms with E-state index in [4.69, 9.17) is 39.6 Å². The van der Waals surface area contributed by atoms with Crippen LogP contribution in [-0.4, -0.2) is 96.7 Å². The van der Waals surface area contributed by atoms with Gasteiger partial charge in [0.2, 0.25) is 0 Å². The van der Waals surface area contributed by atoms with Crippen LogP contribution in [0, 0.1) is 11.6 Å². The summed E-state index contributed by atoms with van der Waals surface area (Å²) in [6.07, 6.45) is 6.36. The molecule has 2 aliphatic carbocycles. The fourth-order valence-corrected chi connectivity index (χ4v) is 7.52. The van der Waals surface area contributed by atoms with Crippen LogP contribution in [0.25, 0.3) is 21.8 Å². The smallest absolute Gasteiger partial charge is 0.414 e. The third-order valence-corrected chi connectivity index (χ3v) is 10.5. The molecule has 6 aromatic rings. The third-order valence-electron chi connectivity index (χ3n) is 10.5. The fraction of sp³-hybridized carbons (Fsp3) is 0.261. The maximum absolute atomic E-state index is 13.0. The number of rotatable bonds is 8. The number of H-pyrrole nitrogens is 2. The van der Waals surface area contributed by atoms with Crippen LogP contribution in [0.4, 0.5) is 20.2 Å². The van der Waals surface area contributed by atoms with E-state index in [9.17, 15) is 18.4 Å². The number of carboxylic acids is 4. The van der Waals surface area contributed by atoms with Gasteiger partial charge in [0.15, 0.2) is 0 Å². The molecule has 344 valence electrons. The van der Waals surface area contributed by atoms with Gasteiger partial charge < -0.3 is 57.1 Å². The van der Waals surface area contributed by atoms with Crippen molar-refractivity contribution >= 4 is 68.9 Å². The van der Waals surface area contributed by atoms with Gasteiger partial charge in [0.25, 0.3) is 11.8 Å². The topological polar surface area (TPSA) is 295 Å². The Labute approximate surface area is 370 Å². The van der Waals surface area contributed by atoms with Crippen LogP contribution < -0.4 is 21.3 Å². The normalized spacial score (nSPS) is 14.5. The minimum atomic E-state index is -1.82. The van der Waals surface area contributed by atoms with E-state index in [1.807, 2.05) is 36.4 Å². The Hall–Kier alpha value is -7.48. The summed E-state index contributed by atoms with van der Waals surface area (Å²) in [5.74, 6) is -8.47. The molecule has 17 nitrogen and oxygen atoms in total. The zero-order valence-corrected chi connectivity index (χ0v) is 35.4. The van der Waals surface area contributed by atoms with Crippen LogP contribution in [0.5, 0.6) is 0 Å². The van der Waals surface area contributed by atoms with E-state index in [-0.39, 0.29) is 28.9 Å². The number of carboxylic acid groups (broad SMARTS) is 4. The second-order valence-electron chi connectivity index (χ2n) is 14.8. The lowest BCUT2D eigenvalue weighted by Gasteiger charge is -2.23. The van der Waals surface area contributed by atoms with Gasteiger partial charge >= 0.3 is 23.9 Å². The number of hydrogen-bond donors (Lipinski definition) is 10. The minimum absolute atomic E-state index is 0. The van der Waals surface area contributed by atoms with Crippen LogP contribution in [0.3, 0.4) is 0 Å². The number of benzene rings is 4. The molecule has 0 spiro atoms. The summed E-state index contributed by atoms with van der Waals surface area (Å²) in [7, 11) is 0. The highest BCUT2D eigenvalue weighted by atomic mass is 19.1. The molecule has 12 N–H and O–H groups in total. The number of hydrogen-bond acceptors (Lipinski definition) is 8. The Bertz CT molecular complexity index is 2440. The minimum Gasteiger partial charge on any atom is -0.473 e. The first kappa shape index (κ1) is 50.2. The monoisotopic (exact) mass is 900 g/mol. The van der Waals surface area contributed by atoms with Crippen LogP contribution >= 0.6 is 0 Å². The third kappa shape index (κ3) is 13.8. The van der Waals surface area contributed by atoms with Crippen LogP contribution in [-0.2, 0) is 44.9 Å². The molecule has 2 aliphatic rings. The molecule has 0 saturated heterocycles. The Morgan fingerprint density at radius 2 is 0.892 bits per heavy atom. The molecule has 8 rings (SSSR count). The fourth-order valence-electron chi connectivity index (χ4n) is 7.52. The van der Waals surface area contributed by atoms with Gasteiger partial charge in [-0.1, -0.05) is 13.8 Å². The number of aromatic nitrogens is 2. The highest BCUT2D eigenvalue weighted by Crippen LogP contribution is 2.33. The standard InChI is InChI=1S/2C21H22FN3O.2C2H2O4.H2O/c2*1-2-23-15-7-9-19-17(11-15)18-12-16(8-10-20(18)25-19)24-21(26)13-3-5-14(22)6-4-13;2*3-1(4)2(5)6;/h2*3-6,8,10,12,15,23,25H,2,7,9,11H2,1H3,(H,24,26);2*(H,3,4)(H,5,6);1H2. The molecule has 19 heteroatoms. The maximum Gasteiger partial charge on any atom is 0.414 e. The lowest BCUT2D eigenvalue weighted by molar-refractivity contribution is -0.159. The van der Waals surface area contributed by atoms with Crippen molar-refractivity contribution in [3.05, 3.63) is 130 Å². The van der Waals surface area contributed by atoms with E-state index < -0.39 is 23.9 Å². The van der Waals surface area contributed by atoms with E-state index in [0.29, 0.717) is 23.2 Å².